The third-order valence-corrected chi connectivity index (χ3v) is 3.73. The number of carbonyl (C=O) groups is 2. The first-order valence-electron chi connectivity index (χ1n) is 7.51. The van der Waals surface area contributed by atoms with Crippen LogP contribution in [0.4, 0.5) is 4.79 Å². The molecule has 1 atom stereocenters. The van der Waals surface area contributed by atoms with Crippen molar-refractivity contribution in [1.29, 1.82) is 0 Å². The van der Waals surface area contributed by atoms with E-state index >= 15 is 0 Å². The van der Waals surface area contributed by atoms with Gasteiger partial charge in [-0.2, -0.15) is 0 Å². The van der Waals surface area contributed by atoms with Gasteiger partial charge in [0.05, 0.1) is 0 Å². The van der Waals surface area contributed by atoms with Gasteiger partial charge in [0.1, 0.15) is 17.9 Å². The lowest BCUT2D eigenvalue weighted by molar-refractivity contribution is -0.131. The number of aliphatic hydroxyl groups is 1. The number of aliphatic hydroxyl groups excluding tert-OH is 1. The molecule has 6 heteroatoms. The number of nitrogens with zero attached hydrogens (tertiary/aromatic N) is 1. The Bertz CT molecular complexity index is 612. The van der Waals surface area contributed by atoms with Gasteiger partial charge < -0.3 is 15.2 Å². The molecule has 0 bridgehead atoms. The van der Waals surface area contributed by atoms with Gasteiger partial charge in [-0.25, -0.2) is 4.79 Å². The summed E-state index contributed by atoms with van der Waals surface area (Å²) in [7, 11) is 0. The molecule has 2 rings (SSSR count). The zero-order valence-corrected chi connectivity index (χ0v) is 13.5. The Hall–Kier alpha value is -2.34. The van der Waals surface area contributed by atoms with Gasteiger partial charge in [-0.3, -0.25) is 9.69 Å². The average molecular weight is 318 g/mol. The van der Waals surface area contributed by atoms with Crippen molar-refractivity contribution in [2.75, 3.05) is 19.8 Å². The molecule has 1 aliphatic heterocycles. The summed E-state index contributed by atoms with van der Waals surface area (Å²) < 4.78 is 5.53. The summed E-state index contributed by atoms with van der Waals surface area (Å²) in [6, 6.07) is 6.62. The fraction of sp³-hybridized carbons (Fsp3) is 0.412. The molecule has 23 heavy (non-hydrogen) atoms. The highest BCUT2D eigenvalue weighted by Gasteiger charge is 2.48. The van der Waals surface area contributed by atoms with Crippen molar-refractivity contribution in [3.05, 3.63) is 42.0 Å². The van der Waals surface area contributed by atoms with Crippen LogP contribution < -0.4 is 10.1 Å². The number of ether oxygens (including phenoxy) is 1. The molecule has 1 unspecified atom stereocenters. The quantitative estimate of drug-likeness (QED) is 0.593. The van der Waals surface area contributed by atoms with E-state index in [1.807, 2.05) is 6.92 Å². The summed E-state index contributed by atoms with van der Waals surface area (Å²) in [4.78, 5) is 25.7. The number of carbonyl (C=O) groups excluding carboxylic acids is 2. The SMILES string of the molecule is C=C(C)COc1ccc(C2(C)NC(=O)N(CCCO)C2=O)cc1. The minimum Gasteiger partial charge on any atom is -0.489 e. The van der Waals surface area contributed by atoms with E-state index in [-0.39, 0.29) is 19.1 Å². The van der Waals surface area contributed by atoms with Gasteiger partial charge in [-0.05, 0) is 43.5 Å². The number of imide groups is 1. The summed E-state index contributed by atoms with van der Waals surface area (Å²) in [5.74, 6) is 0.362. The molecule has 2 N–H and O–H groups in total. The molecule has 1 aliphatic rings. The molecule has 124 valence electrons. The molecule has 3 amide bonds. The smallest absolute Gasteiger partial charge is 0.325 e. The summed E-state index contributed by atoms with van der Waals surface area (Å²) in [5.41, 5.74) is 0.503. The maximum Gasteiger partial charge on any atom is 0.325 e. The van der Waals surface area contributed by atoms with Crippen LogP contribution in [0.5, 0.6) is 5.75 Å². The van der Waals surface area contributed by atoms with Crippen molar-refractivity contribution in [3.63, 3.8) is 0 Å². The predicted molar refractivity (Wildman–Crippen MR) is 86.1 cm³/mol. The van der Waals surface area contributed by atoms with Crippen LogP contribution in [0.1, 0.15) is 25.8 Å². The average Bonchev–Trinajstić information content (AvgIpc) is 2.74. The Balaban J connectivity index is 2.15. The monoisotopic (exact) mass is 318 g/mol. The van der Waals surface area contributed by atoms with Gasteiger partial charge in [0, 0.05) is 13.2 Å². The van der Waals surface area contributed by atoms with Crippen LogP contribution in [-0.4, -0.2) is 41.7 Å². The standard InChI is InChI=1S/C17H22N2O4/c1-12(2)11-23-14-7-5-13(6-8-14)17(3)15(21)19(9-4-10-20)16(22)18-17/h5-8,20H,1,4,9-11H2,2-3H3,(H,18,22). The Morgan fingerprint density at radius 3 is 2.57 bits per heavy atom. The fourth-order valence-electron chi connectivity index (χ4n) is 2.42. The Labute approximate surface area is 135 Å². The van der Waals surface area contributed by atoms with Crippen LogP contribution in [-0.2, 0) is 10.3 Å². The second kappa shape index (κ2) is 6.83. The molecular formula is C17H22N2O4. The largest absolute Gasteiger partial charge is 0.489 e. The van der Waals surface area contributed by atoms with Crippen molar-refractivity contribution >= 4 is 11.9 Å². The first-order valence-corrected chi connectivity index (χ1v) is 7.51. The number of rotatable bonds is 7. The summed E-state index contributed by atoms with van der Waals surface area (Å²) in [6.07, 6.45) is 0.364. The Kier molecular flexibility index (Phi) is 5.05. The van der Waals surface area contributed by atoms with Gasteiger partial charge in [0.2, 0.25) is 0 Å². The predicted octanol–water partition coefficient (Wildman–Crippen LogP) is 1.79. The molecule has 0 saturated carbocycles. The van der Waals surface area contributed by atoms with Crippen LogP contribution in [0, 0.1) is 0 Å². The third-order valence-electron chi connectivity index (χ3n) is 3.73. The van der Waals surface area contributed by atoms with E-state index in [1.165, 1.54) is 0 Å². The highest BCUT2D eigenvalue weighted by atomic mass is 16.5. The topological polar surface area (TPSA) is 78.9 Å². The lowest BCUT2D eigenvalue weighted by Gasteiger charge is -2.22. The molecule has 1 heterocycles. The van der Waals surface area contributed by atoms with E-state index in [9.17, 15) is 9.59 Å². The number of nitrogens with one attached hydrogen (secondary N) is 1. The fourth-order valence-corrected chi connectivity index (χ4v) is 2.42. The van der Waals surface area contributed by atoms with Crippen molar-refractivity contribution in [2.24, 2.45) is 0 Å². The summed E-state index contributed by atoms with van der Waals surface area (Å²) in [6.45, 7) is 7.90. The van der Waals surface area contributed by atoms with Crippen LogP contribution >= 0.6 is 0 Å². The van der Waals surface area contributed by atoms with Crippen LogP contribution in [0.15, 0.2) is 36.4 Å². The minimum atomic E-state index is -1.10. The molecule has 1 saturated heterocycles. The van der Waals surface area contributed by atoms with Crippen LogP contribution in [0.2, 0.25) is 0 Å². The number of urea groups is 1. The van der Waals surface area contributed by atoms with Crippen LogP contribution in [0.3, 0.4) is 0 Å². The van der Waals surface area contributed by atoms with Gasteiger partial charge in [-0.15, -0.1) is 0 Å². The lowest BCUT2D eigenvalue weighted by atomic mass is 9.92. The van der Waals surface area contributed by atoms with E-state index < -0.39 is 11.6 Å². The molecule has 1 aromatic carbocycles. The Morgan fingerprint density at radius 2 is 2.00 bits per heavy atom. The van der Waals surface area contributed by atoms with E-state index in [0.717, 1.165) is 10.5 Å². The summed E-state index contributed by atoms with van der Waals surface area (Å²) in [5, 5.41) is 11.6. The van der Waals surface area contributed by atoms with Gasteiger partial charge in [0.25, 0.3) is 5.91 Å². The molecule has 6 nitrogen and oxygen atoms in total. The zero-order valence-electron chi connectivity index (χ0n) is 13.5. The summed E-state index contributed by atoms with van der Waals surface area (Å²) >= 11 is 0. The zero-order chi connectivity index (χ0) is 17.0. The molecule has 1 fully saturated rings. The maximum atomic E-state index is 12.6. The molecule has 0 aliphatic carbocycles. The van der Waals surface area contributed by atoms with E-state index in [1.54, 1.807) is 31.2 Å². The lowest BCUT2D eigenvalue weighted by Crippen LogP contribution is -2.41. The normalized spacial score (nSPS) is 20.6. The maximum absolute atomic E-state index is 12.6. The van der Waals surface area contributed by atoms with Gasteiger partial charge in [-0.1, -0.05) is 18.7 Å². The first-order chi connectivity index (χ1) is 10.9. The number of hydrogen-bond acceptors (Lipinski definition) is 4. The van der Waals surface area contributed by atoms with Gasteiger partial charge >= 0.3 is 6.03 Å². The third kappa shape index (κ3) is 3.53. The van der Waals surface area contributed by atoms with Gasteiger partial charge in [0.15, 0.2) is 0 Å². The van der Waals surface area contributed by atoms with Crippen molar-refractivity contribution in [2.45, 2.75) is 25.8 Å². The van der Waals surface area contributed by atoms with Crippen molar-refractivity contribution in [3.8, 4) is 5.75 Å². The molecule has 1 aromatic rings. The number of hydrogen-bond donors (Lipinski definition) is 2. The number of benzene rings is 1. The van der Waals surface area contributed by atoms with E-state index in [2.05, 4.69) is 11.9 Å². The van der Waals surface area contributed by atoms with Crippen molar-refractivity contribution < 1.29 is 19.4 Å². The highest BCUT2D eigenvalue weighted by Crippen LogP contribution is 2.30. The Morgan fingerprint density at radius 1 is 1.35 bits per heavy atom. The number of amides is 3. The highest BCUT2D eigenvalue weighted by molar-refractivity contribution is 6.07. The van der Waals surface area contributed by atoms with Crippen molar-refractivity contribution in [1.82, 2.24) is 10.2 Å². The molecule has 0 radical (unpaired) electrons. The van der Waals surface area contributed by atoms with Crippen LogP contribution in [0.25, 0.3) is 0 Å². The molecular weight excluding hydrogens is 296 g/mol. The second-order valence-corrected chi connectivity index (χ2v) is 5.86. The first kappa shape index (κ1) is 17.0. The molecule has 0 aromatic heterocycles. The minimum absolute atomic E-state index is 0.0669. The molecule has 0 spiro atoms. The van der Waals surface area contributed by atoms with E-state index in [0.29, 0.717) is 24.3 Å². The second-order valence-electron chi connectivity index (χ2n) is 5.86. The van der Waals surface area contributed by atoms with E-state index in [4.69, 9.17) is 9.84 Å².